The summed E-state index contributed by atoms with van der Waals surface area (Å²) in [6.07, 6.45) is 0.943. The van der Waals surface area contributed by atoms with Gasteiger partial charge in [0.15, 0.2) is 5.13 Å². The van der Waals surface area contributed by atoms with Crippen molar-refractivity contribution in [2.75, 3.05) is 30.8 Å². The predicted octanol–water partition coefficient (Wildman–Crippen LogP) is -0.370. The lowest BCUT2D eigenvalue weighted by Crippen LogP contribution is -2.40. The van der Waals surface area contributed by atoms with Gasteiger partial charge in [-0.25, -0.2) is 4.98 Å². The molecule has 8 heteroatoms. The largest absolute Gasteiger partial charge is 0.394 e. The summed E-state index contributed by atoms with van der Waals surface area (Å²) in [6.45, 7) is 2.11. The molecule has 0 fully saturated rings. The summed E-state index contributed by atoms with van der Waals surface area (Å²) in [5, 5.41) is 23.9. The van der Waals surface area contributed by atoms with Gasteiger partial charge >= 0.3 is 0 Å². The molecule has 102 valence electrons. The second-order valence-corrected chi connectivity index (χ2v) is 4.69. The van der Waals surface area contributed by atoms with Gasteiger partial charge in [-0.3, -0.25) is 4.79 Å². The SMILES string of the molecule is CCCNc1nc(N)c(C(=O)NC(CO)CO)s1. The maximum Gasteiger partial charge on any atom is 0.265 e. The molecule has 6 N–H and O–H groups in total. The Bertz CT molecular complexity index is 392. The van der Waals surface area contributed by atoms with Crippen molar-refractivity contribution in [2.45, 2.75) is 19.4 Å². The molecule has 0 aliphatic carbocycles. The van der Waals surface area contributed by atoms with E-state index in [2.05, 4.69) is 15.6 Å². The van der Waals surface area contributed by atoms with E-state index in [-0.39, 0.29) is 23.9 Å². The number of aromatic nitrogens is 1. The zero-order chi connectivity index (χ0) is 13.5. The van der Waals surface area contributed by atoms with Crippen molar-refractivity contribution < 1.29 is 15.0 Å². The lowest BCUT2D eigenvalue weighted by atomic mass is 10.3. The number of nitrogen functional groups attached to an aromatic ring is 1. The Morgan fingerprint density at radius 3 is 2.72 bits per heavy atom. The van der Waals surface area contributed by atoms with Crippen molar-refractivity contribution in [3.8, 4) is 0 Å². The van der Waals surface area contributed by atoms with Crippen LogP contribution in [0.3, 0.4) is 0 Å². The molecule has 0 spiro atoms. The van der Waals surface area contributed by atoms with E-state index in [9.17, 15) is 4.79 Å². The van der Waals surface area contributed by atoms with Crippen LogP contribution in [0.1, 0.15) is 23.0 Å². The number of nitrogens with one attached hydrogen (secondary N) is 2. The van der Waals surface area contributed by atoms with Gasteiger partial charge in [0.05, 0.1) is 19.3 Å². The number of aliphatic hydroxyl groups excluding tert-OH is 2. The Morgan fingerprint density at radius 2 is 2.17 bits per heavy atom. The van der Waals surface area contributed by atoms with Crippen LogP contribution in [-0.2, 0) is 0 Å². The van der Waals surface area contributed by atoms with Crippen LogP contribution in [0.25, 0.3) is 0 Å². The molecule has 0 atom stereocenters. The van der Waals surface area contributed by atoms with Crippen molar-refractivity contribution in [3.63, 3.8) is 0 Å². The molecular formula is C10H18N4O3S. The second kappa shape index (κ2) is 7.14. The standard InChI is InChI=1S/C10H18N4O3S/c1-2-3-12-10-14-8(11)7(18-10)9(17)13-6(4-15)5-16/h6,15-16H,2-5,11H2,1H3,(H,12,14)(H,13,17). The topological polar surface area (TPSA) is 120 Å². The summed E-state index contributed by atoms with van der Waals surface area (Å²) >= 11 is 1.15. The normalized spacial score (nSPS) is 10.7. The maximum atomic E-state index is 11.8. The number of rotatable bonds is 7. The predicted molar refractivity (Wildman–Crippen MR) is 70.7 cm³/mol. The van der Waals surface area contributed by atoms with Gasteiger partial charge in [-0.15, -0.1) is 0 Å². The van der Waals surface area contributed by atoms with Crippen molar-refractivity contribution in [1.29, 1.82) is 0 Å². The van der Waals surface area contributed by atoms with E-state index in [4.69, 9.17) is 15.9 Å². The molecular weight excluding hydrogens is 256 g/mol. The number of nitrogens with two attached hydrogens (primary N) is 1. The number of aliphatic hydroxyl groups is 2. The molecule has 0 aliphatic heterocycles. The molecule has 7 nitrogen and oxygen atoms in total. The molecule has 1 aromatic heterocycles. The Balaban J connectivity index is 2.70. The Labute approximate surface area is 109 Å². The van der Waals surface area contributed by atoms with Gasteiger partial charge in [-0.05, 0) is 6.42 Å². The van der Waals surface area contributed by atoms with Crippen LogP contribution < -0.4 is 16.4 Å². The van der Waals surface area contributed by atoms with E-state index < -0.39 is 11.9 Å². The minimum atomic E-state index is -0.689. The van der Waals surface area contributed by atoms with E-state index in [1.54, 1.807) is 0 Å². The summed E-state index contributed by atoms with van der Waals surface area (Å²) in [4.78, 5) is 16.1. The van der Waals surface area contributed by atoms with Crippen molar-refractivity contribution in [3.05, 3.63) is 4.88 Å². The summed E-state index contributed by atoms with van der Waals surface area (Å²) in [7, 11) is 0. The van der Waals surface area contributed by atoms with E-state index >= 15 is 0 Å². The van der Waals surface area contributed by atoms with E-state index in [0.717, 1.165) is 24.3 Å². The number of hydrogen-bond donors (Lipinski definition) is 5. The molecule has 1 heterocycles. The molecule has 0 aliphatic rings. The fourth-order valence-corrected chi connectivity index (χ4v) is 2.02. The van der Waals surface area contributed by atoms with Gasteiger partial charge in [0.25, 0.3) is 5.91 Å². The van der Waals surface area contributed by atoms with Gasteiger partial charge < -0.3 is 26.6 Å². The zero-order valence-electron chi connectivity index (χ0n) is 10.1. The third-order valence-electron chi connectivity index (χ3n) is 2.16. The first kappa shape index (κ1) is 14.7. The third kappa shape index (κ3) is 3.83. The average molecular weight is 274 g/mol. The molecule has 18 heavy (non-hydrogen) atoms. The Hall–Kier alpha value is -1.38. The Morgan fingerprint density at radius 1 is 1.50 bits per heavy atom. The monoisotopic (exact) mass is 274 g/mol. The van der Waals surface area contributed by atoms with Gasteiger partial charge in [0.2, 0.25) is 0 Å². The quantitative estimate of drug-likeness (QED) is 0.462. The third-order valence-corrected chi connectivity index (χ3v) is 3.19. The first-order chi connectivity index (χ1) is 8.62. The minimum Gasteiger partial charge on any atom is -0.394 e. The summed E-state index contributed by atoms with van der Waals surface area (Å²) in [6, 6.07) is -0.689. The summed E-state index contributed by atoms with van der Waals surface area (Å²) < 4.78 is 0. The number of anilines is 2. The van der Waals surface area contributed by atoms with Crippen LogP contribution >= 0.6 is 11.3 Å². The number of carbonyl (C=O) groups excluding carboxylic acids is 1. The molecule has 0 saturated heterocycles. The van der Waals surface area contributed by atoms with E-state index in [0.29, 0.717) is 5.13 Å². The molecule has 1 rings (SSSR count). The van der Waals surface area contributed by atoms with Crippen LogP contribution in [0.15, 0.2) is 0 Å². The van der Waals surface area contributed by atoms with Crippen LogP contribution in [0.4, 0.5) is 10.9 Å². The lowest BCUT2D eigenvalue weighted by Gasteiger charge is -2.12. The van der Waals surface area contributed by atoms with Gasteiger partial charge in [-0.2, -0.15) is 0 Å². The molecule has 0 bridgehead atoms. The molecule has 0 aromatic carbocycles. The highest BCUT2D eigenvalue weighted by molar-refractivity contribution is 7.18. The highest BCUT2D eigenvalue weighted by Gasteiger charge is 2.18. The fraction of sp³-hybridized carbons (Fsp3) is 0.600. The fourth-order valence-electron chi connectivity index (χ4n) is 1.20. The summed E-state index contributed by atoms with van der Waals surface area (Å²) in [5.74, 6) is -0.298. The molecule has 1 amide bonds. The van der Waals surface area contributed by atoms with Crippen molar-refractivity contribution in [2.24, 2.45) is 0 Å². The number of hydrogen-bond acceptors (Lipinski definition) is 7. The Kier molecular flexibility index (Phi) is 5.83. The molecule has 0 unspecified atom stereocenters. The summed E-state index contributed by atoms with van der Waals surface area (Å²) in [5.41, 5.74) is 5.65. The number of carbonyl (C=O) groups is 1. The molecule has 1 aromatic rings. The lowest BCUT2D eigenvalue weighted by molar-refractivity contribution is 0.0884. The number of thiazole rings is 1. The maximum absolute atomic E-state index is 11.8. The minimum absolute atomic E-state index is 0.144. The van der Waals surface area contributed by atoms with Crippen LogP contribution in [0.5, 0.6) is 0 Å². The first-order valence-corrected chi connectivity index (χ1v) is 6.46. The average Bonchev–Trinajstić information content (AvgIpc) is 2.74. The van der Waals surface area contributed by atoms with Crippen molar-refractivity contribution in [1.82, 2.24) is 10.3 Å². The van der Waals surface area contributed by atoms with Crippen molar-refractivity contribution >= 4 is 28.2 Å². The highest BCUT2D eigenvalue weighted by Crippen LogP contribution is 2.24. The van der Waals surface area contributed by atoms with Gasteiger partial charge in [0, 0.05) is 6.54 Å². The number of amides is 1. The van der Waals surface area contributed by atoms with Gasteiger partial charge in [0.1, 0.15) is 10.7 Å². The molecule has 0 radical (unpaired) electrons. The van der Waals surface area contributed by atoms with Gasteiger partial charge in [-0.1, -0.05) is 18.3 Å². The first-order valence-electron chi connectivity index (χ1n) is 5.65. The highest BCUT2D eigenvalue weighted by atomic mass is 32.1. The smallest absolute Gasteiger partial charge is 0.265 e. The second-order valence-electron chi connectivity index (χ2n) is 3.70. The number of nitrogens with zero attached hydrogens (tertiary/aromatic N) is 1. The van der Waals surface area contributed by atoms with E-state index in [1.807, 2.05) is 6.92 Å². The molecule has 0 saturated carbocycles. The van der Waals surface area contributed by atoms with Crippen LogP contribution in [0, 0.1) is 0 Å². The van der Waals surface area contributed by atoms with E-state index in [1.165, 1.54) is 0 Å². The zero-order valence-corrected chi connectivity index (χ0v) is 11.0. The van der Waals surface area contributed by atoms with Crippen LogP contribution in [0.2, 0.25) is 0 Å². The van der Waals surface area contributed by atoms with Crippen LogP contribution in [-0.4, -0.2) is 46.9 Å².